The monoisotopic (exact) mass is 393 g/mol. The number of halogens is 4. The van der Waals surface area contributed by atoms with Crippen molar-refractivity contribution in [1.82, 2.24) is 9.88 Å². The number of anilines is 1. The Morgan fingerprint density at radius 2 is 2.22 bits per heavy atom. The molecule has 23 heavy (non-hydrogen) atoms. The van der Waals surface area contributed by atoms with Gasteiger partial charge in [-0.05, 0) is 47.8 Å². The summed E-state index contributed by atoms with van der Waals surface area (Å²) in [5.74, 6) is -0.104. The van der Waals surface area contributed by atoms with Gasteiger partial charge in [-0.25, -0.2) is 4.98 Å². The molecular formula is C15H19BrF3N3O. The van der Waals surface area contributed by atoms with Crippen LogP contribution in [0.4, 0.5) is 19.0 Å². The molecule has 0 N–H and O–H groups in total. The van der Waals surface area contributed by atoms with Crippen LogP contribution in [0.1, 0.15) is 19.8 Å². The summed E-state index contributed by atoms with van der Waals surface area (Å²) in [6.45, 7) is 1.60. The van der Waals surface area contributed by atoms with Gasteiger partial charge in [0.25, 0.3) is 0 Å². The maximum atomic E-state index is 12.6. The first kappa shape index (κ1) is 18.0. The van der Waals surface area contributed by atoms with E-state index in [4.69, 9.17) is 0 Å². The average molecular weight is 394 g/mol. The molecule has 1 aliphatic rings. The van der Waals surface area contributed by atoms with Crippen molar-refractivity contribution >= 4 is 27.7 Å². The Hall–Kier alpha value is -1.31. The zero-order chi connectivity index (χ0) is 17.0. The molecule has 1 unspecified atom stereocenters. The van der Waals surface area contributed by atoms with Gasteiger partial charge in [-0.2, -0.15) is 13.2 Å². The number of aromatic nitrogens is 1. The molecular weight excluding hydrogens is 375 g/mol. The summed E-state index contributed by atoms with van der Waals surface area (Å²) in [6, 6.07) is 3.69. The fraction of sp³-hybridized carbons (Fsp3) is 0.600. The molecule has 0 saturated carbocycles. The normalized spacial score (nSPS) is 18.8. The third-order valence-electron chi connectivity index (χ3n) is 3.87. The molecule has 2 rings (SSSR count). The third kappa shape index (κ3) is 5.09. The smallest absolute Gasteiger partial charge is 0.356 e. The fourth-order valence-electron chi connectivity index (χ4n) is 2.76. The maximum Gasteiger partial charge on any atom is 0.406 e. The summed E-state index contributed by atoms with van der Waals surface area (Å²) < 4.78 is 38.6. The van der Waals surface area contributed by atoms with Crippen LogP contribution >= 0.6 is 15.9 Å². The van der Waals surface area contributed by atoms with E-state index in [0.29, 0.717) is 13.0 Å². The van der Waals surface area contributed by atoms with Gasteiger partial charge in [-0.3, -0.25) is 4.79 Å². The zero-order valence-corrected chi connectivity index (χ0v) is 14.4. The Morgan fingerprint density at radius 1 is 1.48 bits per heavy atom. The van der Waals surface area contributed by atoms with Gasteiger partial charge in [0.15, 0.2) is 0 Å². The van der Waals surface area contributed by atoms with E-state index in [1.54, 1.807) is 13.1 Å². The second-order valence-corrected chi connectivity index (χ2v) is 6.50. The van der Waals surface area contributed by atoms with Crippen LogP contribution in [0.2, 0.25) is 0 Å². The molecule has 128 valence electrons. The lowest BCUT2D eigenvalue weighted by molar-refractivity contribution is -0.163. The number of rotatable bonds is 4. The molecule has 1 aromatic rings. The number of carbonyl (C=O) groups is 1. The maximum absolute atomic E-state index is 12.6. The number of carbonyl (C=O) groups excluding carboxylic acids is 1. The van der Waals surface area contributed by atoms with E-state index >= 15 is 0 Å². The van der Waals surface area contributed by atoms with E-state index in [0.717, 1.165) is 28.2 Å². The Kier molecular flexibility index (Phi) is 5.89. The number of amides is 1. The summed E-state index contributed by atoms with van der Waals surface area (Å²) in [6.07, 6.45) is -1.33. The van der Waals surface area contributed by atoms with Crippen molar-refractivity contribution < 1.29 is 18.0 Å². The minimum Gasteiger partial charge on any atom is -0.356 e. The Labute approximate surface area is 141 Å². The van der Waals surface area contributed by atoms with Gasteiger partial charge < -0.3 is 9.80 Å². The quantitative estimate of drug-likeness (QED) is 0.785. The van der Waals surface area contributed by atoms with Crippen molar-refractivity contribution in [2.75, 3.05) is 31.1 Å². The van der Waals surface area contributed by atoms with Crippen LogP contribution in [0.15, 0.2) is 22.8 Å². The zero-order valence-electron chi connectivity index (χ0n) is 12.8. The van der Waals surface area contributed by atoms with Crippen LogP contribution in [0.3, 0.4) is 0 Å². The third-order valence-corrected chi connectivity index (χ3v) is 4.34. The lowest BCUT2D eigenvalue weighted by Crippen LogP contribution is -2.47. The number of piperidine rings is 1. The molecule has 1 aliphatic heterocycles. The van der Waals surface area contributed by atoms with Gasteiger partial charge in [0.05, 0.1) is 5.92 Å². The van der Waals surface area contributed by atoms with Crippen LogP contribution in [0.25, 0.3) is 0 Å². The van der Waals surface area contributed by atoms with Crippen molar-refractivity contribution in [3.63, 3.8) is 0 Å². The second-order valence-electron chi connectivity index (χ2n) is 5.59. The molecule has 0 aliphatic carbocycles. The average Bonchev–Trinajstić information content (AvgIpc) is 2.52. The highest BCUT2D eigenvalue weighted by atomic mass is 79.9. The van der Waals surface area contributed by atoms with Gasteiger partial charge in [0.2, 0.25) is 5.91 Å². The van der Waals surface area contributed by atoms with Crippen molar-refractivity contribution in [3.8, 4) is 0 Å². The molecule has 0 spiro atoms. The molecule has 1 atom stereocenters. The van der Waals surface area contributed by atoms with Crippen molar-refractivity contribution in [1.29, 1.82) is 0 Å². The largest absolute Gasteiger partial charge is 0.406 e. The van der Waals surface area contributed by atoms with E-state index in [2.05, 4.69) is 20.9 Å². The van der Waals surface area contributed by atoms with Crippen LogP contribution in [-0.2, 0) is 4.79 Å². The van der Waals surface area contributed by atoms with Gasteiger partial charge in [0, 0.05) is 30.3 Å². The van der Waals surface area contributed by atoms with Gasteiger partial charge in [0.1, 0.15) is 12.4 Å². The highest BCUT2D eigenvalue weighted by Gasteiger charge is 2.36. The van der Waals surface area contributed by atoms with Gasteiger partial charge in [-0.15, -0.1) is 0 Å². The highest BCUT2D eigenvalue weighted by molar-refractivity contribution is 9.10. The summed E-state index contributed by atoms with van der Waals surface area (Å²) in [5.41, 5.74) is 0. The summed E-state index contributed by atoms with van der Waals surface area (Å²) in [4.78, 5) is 19.6. The molecule has 1 amide bonds. The second kappa shape index (κ2) is 7.51. The predicted molar refractivity (Wildman–Crippen MR) is 85.2 cm³/mol. The summed E-state index contributed by atoms with van der Waals surface area (Å²) >= 11 is 3.31. The molecule has 0 radical (unpaired) electrons. The Bertz CT molecular complexity index is 536. The first-order valence-electron chi connectivity index (χ1n) is 7.52. The minimum atomic E-state index is -4.37. The van der Waals surface area contributed by atoms with E-state index in [-0.39, 0.29) is 6.54 Å². The van der Waals surface area contributed by atoms with Crippen molar-refractivity contribution in [2.45, 2.75) is 25.9 Å². The van der Waals surface area contributed by atoms with Crippen molar-refractivity contribution in [2.24, 2.45) is 5.92 Å². The lowest BCUT2D eigenvalue weighted by atomic mass is 9.96. The Morgan fingerprint density at radius 3 is 2.78 bits per heavy atom. The Balaban J connectivity index is 2.04. The summed E-state index contributed by atoms with van der Waals surface area (Å²) in [5, 5.41) is 0. The standard InChI is InChI=1S/C15H19BrF3N3O/c1-2-21(10-15(17,18)19)14(23)11-4-3-7-22(9-11)13-6-5-12(16)8-20-13/h5-6,8,11H,2-4,7,9-10H2,1H3. The molecule has 0 aromatic carbocycles. The van der Waals surface area contributed by atoms with Crippen LogP contribution in [0.5, 0.6) is 0 Å². The molecule has 4 nitrogen and oxygen atoms in total. The SMILES string of the molecule is CCN(CC(F)(F)F)C(=O)C1CCCN(c2ccc(Br)cn2)C1. The number of pyridine rings is 1. The first-order chi connectivity index (χ1) is 10.8. The van der Waals surface area contributed by atoms with Crippen LogP contribution < -0.4 is 4.90 Å². The number of hydrogen-bond acceptors (Lipinski definition) is 3. The topological polar surface area (TPSA) is 36.4 Å². The molecule has 0 bridgehead atoms. The van der Waals surface area contributed by atoms with E-state index in [1.807, 2.05) is 17.0 Å². The molecule has 1 fully saturated rings. The minimum absolute atomic E-state index is 0.0609. The van der Waals surface area contributed by atoms with Crippen LogP contribution in [-0.4, -0.2) is 48.1 Å². The number of hydrogen-bond donors (Lipinski definition) is 0. The van der Waals surface area contributed by atoms with Crippen LogP contribution in [0, 0.1) is 5.92 Å². The summed E-state index contributed by atoms with van der Waals surface area (Å²) in [7, 11) is 0. The molecule has 1 saturated heterocycles. The molecule has 8 heteroatoms. The highest BCUT2D eigenvalue weighted by Crippen LogP contribution is 2.25. The number of nitrogens with zero attached hydrogens (tertiary/aromatic N) is 3. The van der Waals surface area contributed by atoms with E-state index in [1.165, 1.54) is 0 Å². The first-order valence-corrected chi connectivity index (χ1v) is 8.31. The predicted octanol–water partition coefficient (Wildman–Crippen LogP) is 3.47. The fourth-order valence-corrected chi connectivity index (χ4v) is 3.00. The van der Waals surface area contributed by atoms with Gasteiger partial charge >= 0.3 is 6.18 Å². The van der Waals surface area contributed by atoms with Crippen molar-refractivity contribution in [3.05, 3.63) is 22.8 Å². The lowest BCUT2D eigenvalue weighted by Gasteiger charge is -2.35. The van der Waals surface area contributed by atoms with E-state index in [9.17, 15) is 18.0 Å². The number of alkyl halides is 3. The molecule has 2 heterocycles. The van der Waals surface area contributed by atoms with Gasteiger partial charge in [-0.1, -0.05) is 0 Å². The van der Waals surface area contributed by atoms with E-state index < -0.39 is 24.5 Å². The molecule has 1 aromatic heterocycles.